The smallest absolute Gasteiger partial charge is 0.394 e. The molecular weight excluding hydrogens is 425 g/mol. The first-order valence-corrected chi connectivity index (χ1v) is 9.04. The molecule has 0 amide bonds. The van der Waals surface area contributed by atoms with Crippen molar-refractivity contribution >= 4 is 34.0 Å². The lowest BCUT2D eigenvalue weighted by molar-refractivity contribution is -0.285. The number of hydrogen-bond acceptors (Lipinski definition) is 3. The van der Waals surface area contributed by atoms with Gasteiger partial charge in [-0.05, 0) is 37.6 Å². The van der Waals surface area contributed by atoms with Crippen molar-refractivity contribution in [1.29, 1.82) is 0 Å². The summed E-state index contributed by atoms with van der Waals surface area (Å²) >= 11 is -1.08. The Morgan fingerprint density at radius 3 is 1.97 bits per heavy atom. The molecule has 3 rings (SSSR count). The molecule has 0 bridgehead atoms. The standard InChI is InChI=1S/C19H15F7O2S/c1-10-6-4-7-11-14(10)15-12(27-11)8-5-9-13(15)28-29-19(25,26)18(23,24)16(2,20)17(3,21)22/h4-9H,1-3H3. The van der Waals surface area contributed by atoms with Crippen LogP contribution in [0.1, 0.15) is 19.4 Å². The second-order valence-corrected chi connectivity index (χ2v) is 7.67. The van der Waals surface area contributed by atoms with Crippen molar-refractivity contribution in [1.82, 2.24) is 0 Å². The van der Waals surface area contributed by atoms with E-state index in [4.69, 9.17) is 8.60 Å². The fraction of sp³-hybridized carbons (Fsp3) is 0.368. The molecule has 0 N–H and O–H groups in total. The van der Waals surface area contributed by atoms with Gasteiger partial charge < -0.3 is 8.60 Å². The maximum absolute atomic E-state index is 14.1. The Labute approximate surface area is 165 Å². The molecule has 10 heteroatoms. The second kappa shape index (κ2) is 6.72. The Morgan fingerprint density at radius 1 is 0.828 bits per heavy atom. The van der Waals surface area contributed by atoms with Crippen LogP contribution < -0.4 is 4.18 Å². The molecule has 0 radical (unpaired) electrons. The topological polar surface area (TPSA) is 22.4 Å². The van der Waals surface area contributed by atoms with Gasteiger partial charge in [-0.15, -0.1) is 0 Å². The third-order valence-electron chi connectivity index (χ3n) is 4.71. The summed E-state index contributed by atoms with van der Waals surface area (Å²) in [5.41, 5.74) is -3.44. The average Bonchev–Trinajstić information content (AvgIpc) is 2.99. The number of aryl methyl sites for hydroxylation is 1. The Hall–Kier alpha value is -2.10. The Balaban J connectivity index is 1.99. The highest BCUT2D eigenvalue weighted by Gasteiger charge is 2.76. The second-order valence-electron chi connectivity index (χ2n) is 6.83. The molecule has 1 unspecified atom stereocenters. The fourth-order valence-corrected chi connectivity index (χ4v) is 3.40. The minimum Gasteiger partial charge on any atom is -0.456 e. The quantitative estimate of drug-likeness (QED) is 0.292. The summed E-state index contributed by atoms with van der Waals surface area (Å²) in [5, 5.41) is -4.53. The molecule has 158 valence electrons. The van der Waals surface area contributed by atoms with Gasteiger partial charge in [0.05, 0.1) is 5.39 Å². The maximum atomic E-state index is 14.1. The largest absolute Gasteiger partial charge is 0.456 e. The van der Waals surface area contributed by atoms with E-state index in [2.05, 4.69) is 0 Å². The first-order valence-electron chi connectivity index (χ1n) is 8.29. The molecule has 2 aromatic carbocycles. The zero-order valence-electron chi connectivity index (χ0n) is 15.3. The van der Waals surface area contributed by atoms with E-state index in [1.807, 2.05) is 0 Å². The molecule has 1 heterocycles. The summed E-state index contributed by atoms with van der Waals surface area (Å²) in [7, 11) is 0. The number of rotatable bonds is 6. The summed E-state index contributed by atoms with van der Waals surface area (Å²) in [4.78, 5) is 0. The van der Waals surface area contributed by atoms with E-state index in [1.165, 1.54) is 18.2 Å². The molecule has 1 aromatic heterocycles. The van der Waals surface area contributed by atoms with Crippen LogP contribution in [0.3, 0.4) is 0 Å². The molecule has 0 aliphatic heterocycles. The first-order chi connectivity index (χ1) is 13.2. The van der Waals surface area contributed by atoms with Crippen molar-refractivity contribution in [2.45, 2.75) is 43.5 Å². The average molecular weight is 440 g/mol. The molecule has 2 nitrogen and oxygen atoms in total. The maximum Gasteiger partial charge on any atom is 0.394 e. The SMILES string of the molecule is Cc1cccc2oc3cccc(OSC(F)(F)C(F)(F)C(C)(F)C(C)(F)F)c3c12. The van der Waals surface area contributed by atoms with Gasteiger partial charge in [-0.25, -0.2) is 13.2 Å². The zero-order chi connectivity index (χ0) is 21.8. The van der Waals surface area contributed by atoms with Gasteiger partial charge in [-0.1, -0.05) is 18.2 Å². The lowest BCUT2D eigenvalue weighted by atomic mass is 9.93. The highest BCUT2D eigenvalue weighted by molar-refractivity contribution is 7.96. The van der Waals surface area contributed by atoms with Crippen LogP contribution in [0.2, 0.25) is 0 Å². The molecule has 0 saturated heterocycles. The first kappa shape index (κ1) is 21.6. The Bertz CT molecular complexity index is 1050. The van der Waals surface area contributed by atoms with Crippen molar-refractivity contribution in [3.8, 4) is 5.75 Å². The van der Waals surface area contributed by atoms with E-state index >= 15 is 0 Å². The molecule has 0 fully saturated rings. The lowest BCUT2D eigenvalue weighted by Gasteiger charge is -2.37. The molecule has 1 atom stereocenters. The number of hydrogen-bond donors (Lipinski definition) is 0. The summed E-state index contributed by atoms with van der Waals surface area (Å²) in [6, 6.07) is 9.19. The number of furan rings is 1. The Kier molecular flexibility index (Phi) is 5.00. The van der Waals surface area contributed by atoms with Crippen LogP contribution in [-0.4, -0.2) is 22.8 Å². The fourth-order valence-electron chi connectivity index (χ4n) is 2.78. The molecule has 0 aliphatic rings. The zero-order valence-corrected chi connectivity index (χ0v) is 16.2. The van der Waals surface area contributed by atoms with Crippen molar-refractivity contribution in [2.24, 2.45) is 0 Å². The predicted octanol–water partition coefficient (Wildman–Crippen LogP) is 7.53. The van der Waals surface area contributed by atoms with Crippen LogP contribution in [0.25, 0.3) is 21.9 Å². The van der Waals surface area contributed by atoms with Crippen LogP contribution in [0, 0.1) is 6.92 Å². The monoisotopic (exact) mass is 440 g/mol. The minimum atomic E-state index is -5.73. The van der Waals surface area contributed by atoms with Crippen LogP contribution in [0.4, 0.5) is 30.7 Å². The Morgan fingerprint density at radius 2 is 1.38 bits per heavy atom. The van der Waals surface area contributed by atoms with Gasteiger partial charge in [-0.3, -0.25) is 0 Å². The molecule has 0 aliphatic carbocycles. The summed E-state index contributed by atoms with van der Waals surface area (Å²) in [6.45, 7) is 1.26. The van der Waals surface area contributed by atoms with E-state index < -0.39 is 34.8 Å². The van der Waals surface area contributed by atoms with E-state index in [1.54, 1.807) is 25.1 Å². The van der Waals surface area contributed by atoms with Gasteiger partial charge in [0.2, 0.25) is 5.67 Å². The molecule has 0 spiro atoms. The summed E-state index contributed by atoms with van der Waals surface area (Å²) < 4.78 is 107. The number of alkyl halides is 7. The van der Waals surface area contributed by atoms with Gasteiger partial charge in [-0.2, -0.15) is 17.6 Å². The van der Waals surface area contributed by atoms with E-state index in [0.717, 1.165) is 0 Å². The van der Waals surface area contributed by atoms with Gasteiger partial charge in [0, 0.05) is 12.3 Å². The highest BCUT2D eigenvalue weighted by Crippen LogP contribution is 2.55. The van der Waals surface area contributed by atoms with Gasteiger partial charge >= 0.3 is 11.2 Å². The predicted molar refractivity (Wildman–Crippen MR) is 96.7 cm³/mol. The van der Waals surface area contributed by atoms with Gasteiger partial charge in [0.25, 0.3) is 5.92 Å². The van der Waals surface area contributed by atoms with Crippen LogP contribution in [0.5, 0.6) is 5.75 Å². The van der Waals surface area contributed by atoms with Gasteiger partial charge in [0.1, 0.15) is 29.0 Å². The van der Waals surface area contributed by atoms with Crippen molar-refractivity contribution in [2.75, 3.05) is 0 Å². The lowest BCUT2D eigenvalue weighted by Crippen LogP contribution is -2.61. The summed E-state index contributed by atoms with van der Waals surface area (Å²) in [6.07, 6.45) is 0. The third-order valence-corrected chi connectivity index (χ3v) is 5.44. The molecular formula is C19H15F7O2S. The number of halogens is 7. The minimum absolute atomic E-state index is 0.191. The highest BCUT2D eigenvalue weighted by atomic mass is 32.2. The van der Waals surface area contributed by atoms with Crippen molar-refractivity contribution in [3.05, 3.63) is 42.0 Å². The van der Waals surface area contributed by atoms with Crippen molar-refractivity contribution < 1.29 is 39.3 Å². The van der Waals surface area contributed by atoms with Crippen LogP contribution >= 0.6 is 12.0 Å². The normalized spacial score (nSPS) is 15.7. The number of benzene rings is 2. The molecule has 3 aromatic rings. The molecule has 29 heavy (non-hydrogen) atoms. The van der Waals surface area contributed by atoms with Crippen molar-refractivity contribution in [3.63, 3.8) is 0 Å². The van der Waals surface area contributed by atoms with Crippen LogP contribution in [-0.2, 0) is 0 Å². The van der Waals surface area contributed by atoms with Gasteiger partial charge in [0.15, 0.2) is 0 Å². The van der Waals surface area contributed by atoms with E-state index in [-0.39, 0.29) is 30.6 Å². The van der Waals surface area contributed by atoms with E-state index in [9.17, 15) is 30.7 Å². The number of fused-ring (bicyclic) bond motifs is 3. The third kappa shape index (κ3) is 3.31. The van der Waals surface area contributed by atoms with E-state index in [0.29, 0.717) is 16.5 Å². The molecule has 0 saturated carbocycles. The summed E-state index contributed by atoms with van der Waals surface area (Å²) in [5.74, 6) is -10.7. The van der Waals surface area contributed by atoms with Crippen LogP contribution in [0.15, 0.2) is 40.8 Å².